The number of pyridine rings is 1. The highest BCUT2D eigenvalue weighted by molar-refractivity contribution is 5.92. The molecule has 0 radical (unpaired) electrons. The zero-order valence-corrected chi connectivity index (χ0v) is 25.3. The number of fused-ring (bicyclic) bond motifs is 10. The van der Waals surface area contributed by atoms with Gasteiger partial charge < -0.3 is 20.5 Å². The van der Waals surface area contributed by atoms with Crippen LogP contribution in [-0.2, 0) is 23.2 Å². The zero-order valence-electron chi connectivity index (χ0n) is 25.3. The van der Waals surface area contributed by atoms with E-state index in [1.54, 1.807) is 35.1 Å². The van der Waals surface area contributed by atoms with Crippen molar-refractivity contribution in [1.82, 2.24) is 19.7 Å². The summed E-state index contributed by atoms with van der Waals surface area (Å²) in [4.78, 5) is 44.3. The van der Waals surface area contributed by atoms with Crippen LogP contribution in [0.2, 0.25) is 0 Å². The summed E-state index contributed by atoms with van der Waals surface area (Å²) in [7, 11) is 3.66. The molecule has 0 fully saturated rings. The van der Waals surface area contributed by atoms with Crippen molar-refractivity contribution in [2.24, 2.45) is 7.05 Å². The van der Waals surface area contributed by atoms with E-state index in [2.05, 4.69) is 39.8 Å². The molecule has 0 spiro atoms. The van der Waals surface area contributed by atoms with Crippen LogP contribution >= 0.6 is 0 Å². The summed E-state index contributed by atoms with van der Waals surface area (Å²) in [6.45, 7) is 4.47. The number of H-pyrrole nitrogens is 1. The highest BCUT2D eigenvalue weighted by Crippen LogP contribution is 2.32. The first-order valence-electron chi connectivity index (χ1n) is 14.8. The largest absolute Gasteiger partial charge is 0.370 e. The molecule has 0 unspecified atom stereocenters. The van der Waals surface area contributed by atoms with Gasteiger partial charge in [-0.1, -0.05) is 37.3 Å². The first kappa shape index (κ1) is 28.9. The third-order valence-electron chi connectivity index (χ3n) is 8.57. The normalized spacial score (nSPS) is 17.6. The number of hydrogen-bond acceptors (Lipinski definition) is 5. The van der Waals surface area contributed by atoms with Crippen LogP contribution in [0.25, 0.3) is 22.0 Å². The van der Waals surface area contributed by atoms with Crippen molar-refractivity contribution >= 4 is 34.0 Å². The van der Waals surface area contributed by atoms with E-state index < -0.39 is 6.04 Å². The fraction of sp³-hybridized carbons (Fsp3) is 0.257. The fourth-order valence-corrected chi connectivity index (χ4v) is 6.13. The van der Waals surface area contributed by atoms with Gasteiger partial charge in [-0.15, -0.1) is 0 Å². The molecule has 2 aliphatic rings. The van der Waals surface area contributed by atoms with Gasteiger partial charge in [0.2, 0.25) is 11.8 Å². The second-order valence-corrected chi connectivity index (χ2v) is 11.7. The lowest BCUT2D eigenvalue weighted by atomic mass is 9.89. The number of aromatic nitrogens is 3. The Morgan fingerprint density at radius 3 is 2.57 bits per heavy atom. The summed E-state index contributed by atoms with van der Waals surface area (Å²) in [6, 6.07) is 20.5. The summed E-state index contributed by atoms with van der Waals surface area (Å²) >= 11 is 0. The number of likely N-dealkylation sites (N-methyl/N-ethyl adjacent to an activating group) is 1. The van der Waals surface area contributed by atoms with Gasteiger partial charge >= 0.3 is 0 Å². The molecule has 2 aliphatic heterocycles. The van der Waals surface area contributed by atoms with Gasteiger partial charge in [0.15, 0.2) is 0 Å². The number of nitrogens with zero attached hydrogens (tertiary/aromatic N) is 3. The van der Waals surface area contributed by atoms with Crippen LogP contribution in [0.1, 0.15) is 54.0 Å². The fourth-order valence-electron chi connectivity index (χ4n) is 6.13. The molecule has 4 bridgehead atoms. The average molecular weight is 589 g/mol. The van der Waals surface area contributed by atoms with E-state index in [1.165, 1.54) is 0 Å². The van der Waals surface area contributed by atoms with E-state index in [0.29, 0.717) is 36.1 Å². The van der Waals surface area contributed by atoms with Crippen LogP contribution in [0.15, 0.2) is 83.9 Å². The third kappa shape index (κ3) is 5.73. The number of anilines is 2. The topological polar surface area (TPSA) is 112 Å². The maximum absolute atomic E-state index is 14.4. The molecule has 2 amide bonds. The number of aromatic amines is 1. The standard InChI is InChI=1S/C35H36N6O3/c1-21-5-12-32(42)38-26-9-11-29(31-14-16-37-41(31)4)25(18-26)20-40(3)35(44)33(24-7-10-28(21)22(2)17-24)39-27-8-6-23-13-15-36-34(43)30(23)19-27/h6-11,13-19,21,33,39H,5,12,20H2,1-4H3,(H,36,43)(H,38,42)/t21-,33+/m0/s1. The SMILES string of the molecule is Cc1cc2ccc1[C@@H](C)CCC(=O)Nc1ccc(-c3ccnn3C)c(c1)CN(C)C(=O)[C@@H]2Nc1ccc2cc[nH]c(=O)c2c1. The Balaban J connectivity index is 1.44. The first-order chi connectivity index (χ1) is 21.2. The molecule has 9 nitrogen and oxygen atoms in total. The van der Waals surface area contributed by atoms with Gasteiger partial charge in [-0.25, -0.2) is 0 Å². The molecule has 3 aromatic carbocycles. The van der Waals surface area contributed by atoms with Gasteiger partial charge in [-0.2, -0.15) is 5.10 Å². The Kier molecular flexibility index (Phi) is 7.78. The number of benzene rings is 3. The molecular weight excluding hydrogens is 552 g/mol. The molecule has 0 saturated carbocycles. The Labute approximate surface area is 255 Å². The van der Waals surface area contributed by atoms with Crippen LogP contribution in [0.5, 0.6) is 0 Å². The maximum Gasteiger partial charge on any atom is 0.255 e. The summed E-state index contributed by atoms with van der Waals surface area (Å²) in [6.07, 6.45) is 4.46. The maximum atomic E-state index is 14.4. The van der Waals surface area contributed by atoms with Crippen LogP contribution in [-0.4, -0.2) is 38.5 Å². The van der Waals surface area contributed by atoms with Gasteiger partial charge in [-0.05, 0) is 83.3 Å². The van der Waals surface area contributed by atoms with Crippen LogP contribution in [0, 0.1) is 6.92 Å². The lowest BCUT2D eigenvalue weighted by Crippen LogP contribution is -2.35. The third-order valence-corrected chi connectivity index (χ3v) is 8.57. The Bertz CT molecular complexity index is 1940. The molecule has 2 atom stereocenters. The van der Waals surface area contributed by atoms with Gasteiger partial charge in [0.25, 0.3) is 5.56 Å². The summed E-state index contributed by atoms with van der Waals surface area (Å²) in [5.41, 5.74) is 6.92. The highest BCUT2D eigenvalue weighted by Gasteiger charge is 2.27. The van der Waals surface area contributed by atoms with Crippen molar-refractivity contribution in [2.75, 3.05) is 17.7 Å². The van der Waals surface area contributed by atoms with Gasteiger partial charge in [0, 0.05) is 61.8 Å². The predicted molar refractivity (Wildman–Crippen MR) is 174 cm³/mol. The molecule has 9 heteroatoms. The number of rotatable bonds is 3. The summed E-state index contributed by atoms with van der Waals surface area (Å²) in [5, 5.41) is 12.2. The lowest BCUT2D eigenvalue weighted by Gasteiger charge is -2.28. The zero-order chi connectivity index (χ0) is 31.0. The highest BCUT2D eigenvalue weighted by atomic mass is 16.2. The Hall–Kier alpha value is -5.18. The number of amides is 2. The van der Waals surface area contributed by atoms with E-state index in [-0.39, 0.29) is 23.3 Å². The van der Waals surface area contributed by atoms with Crippen molar-refractivity contribution in [3.63, 3.8) is 0 Å². The van der Waals surface area contributed by atoms with Gasteiger partial charge in [0.1, 0.15) is 6.04 Å². The molecule has 0 saturated heterocycles. The van der Waals surface area contributed by atoms with Gasteiger partial charge in [0.05, 0.1) is 5.69 Å². The van der Waals surface area contributed by atoms with Crippen molar-refractivity contribution in [1.29, 1.82) is 0 Å². The van der Waals surface area contributed by atoms with E-state index in [9.17, 15) is 14.4 Å². The minimum absolute atomic E-state index is 0.0413. The molecule has 44 heavy (non-hydrogen) atoms. The van der Waals surface area contributed by atoms with Crippen LogP contribution in [0.3, 0.4) is 0 Å². The van der Waals surface area contributed by atoms with Crippen molar-refractivity contribution < 1.29 is 9.59 Å². The molecule has 4 heterocycles. The molecular formula is C35H36N6O3. The van der Waals surface area contributed by atoms with Crippen LogP contribution < -0.4 is 16.2 Å². The van der Waals surface area contributed by atoms with E-state index in [1.807, 2.05) is 62.5 Å². The quantitative estimate of drug-likeness (QED) is 0.244. The average Bonchev–Trinajstić information content (AvgIpc) is 3.43. The summed E-state index contributed by atoms with van der Waals surface area (Å²) in [5.74, 6) is -0.0207. The van der Waals surface area contributed by atoms with Crippen molar-refractivity contribution in [3.05, 3.63) is 112 Å². The number of hydrogen-bond donors (Lipinski definition) is 3. The number of carbonyl (C=O) groups excluding carboxylic acids is 2. The molecule has 7 rings (SSSR count). The molecule has 3 N–H and O–H groups in total. The Morgan fingerprint density at radius 2 is 1.80 bits per heavy atom. The first-order valence-corrected chi connectivity index (χ1v) is 14.8. The molecule has 5 aromatic rings. The number of carbonyl (C=O) groups is 2. The molecule has 224 valence electrons. The van der Waals surface area contributed by atoms with Crippen molar-refractivity contribution in [3.8, 4) is 11.3 Å². The smallest absolute Gasteiger partial charge is 0.255 e. The van der Waals surface area contributed by atoms with Gasteiger partial charge in [-0.3, -0.25) is 19.1 Å². The second-order valence-electron chi connectivity index (χ2n) is 11.7. The monoisotopic (exact) mass is 588 g/mol. The number of nitrogens with one attached hydrogen (secondary N) is 3. The molecule has 2 aromatic heterocycles. The minimum Gasteiger partial charge on any atom is -0.370 e. The van der Waals surface area contributed by atoms with E-state index in [4.69, 9.17) is 0 Å². The summed E-state index contributed by atoms with van der Waals surface area (Å²) < 4.78 is 1.79. The second kappa shape index (κ2) is 11.8. The lowest BCUT2D eigenvalue weighted by molar-refractivity contribution is -0.131. The van der Waals surface area contributed by atoms with E-state index in [0.717, 1.165) is 38.9 Å². The van der Waals surface area contributed by atoms with Crippen LogP contribution in [0.4, 0.5) is 11.4 Å². The minimum atomic E-state index is -0.709. The van der Waals surface area contributed by atoms with Crippen molar-refractivity contribution in [2.45, 2.75) is 45.2 Å². The predicted octanol–water partition coefficient (Wildman–Crippen LogP) is 5.88. The van der Waals surface area contributed by atoms with E-state index >= 15 is 0 Å². The Morgan fingerprint density at radius 1 is 0.955 bits per heavy atom. The number of aryl methyl sites for hydroxylation is 2. The molecule has 0 aliphatic carbocycles.